The number of halogens is 2. The van der Waals surface area contributed by atoms with Gasteiger partial charge in [-0.05, 0) is 42.3 Å². The van der Waals surface area contributed by atoms with E-state index in [0.717, 1.165) is 26.3 Å². The van der Waals surface area contributed by atoms with Crippen LogP contribution in [0.3, 0.4) is 0 Å². The lowest BCUT2D eigenvalue weighted by atomic mass is 10.1. The average molecular weight is 336 g/mol. The number of hydrogen-bond donors (Lipinski definition) is 1. The standard InChI is InChI=1S/C15H12BrClN2/c1-10-2-3-12(14(17)6-10)9-19-15-7-13(16)5-4-11(15)8-18/h2-7,19H,9H2,1H3. The van der Waals surface area contributed by atoms with E-state index in [1.165, 1.54) is 0 Å². The van der Waals surface area contributed by atoms with Crippen molar-refractivity contribution < 1.29 is 0 Å². The van der Waals surface area contributed by atoms with Crippen molar-refractivity contribution in [2.45, 2.75) is 13.5 Å². The maximum absolute atomic E-state index is 9.07. The van der Waals surface area contributed by atoms with Crippen LogP contribution in [0.5, 0.6) is 0 Å². The summed E-state index contributed by atoms with van der Waals surface area (Å²) in [7, 11) is 0. The molecule has 0 aliphatic heterocycles. The third-order valence-electron chi connectivity index (χ3n) is 2.78. The fraction of sp³-hybridized carbons (Fsp3) is 0.133. The number of nitriles is 1. The van der Waals surface area contributed by atoms with Crippen molar-refractivity contribution in [3.63, 3.8) is 0 Å². The van der Waals surface area contributed by atoms with Crippen LogP contribution in [0.15, 0.2) is 40.9 Å². The summed E-state index contributed by atoms with van der Waals surface area (Å²) in [6, 6.07) is 13.6. The van der Waals surface area contributed by atoms with Crippen LogP contribution in [0.4, 0.5) is 5.69 Å². The Labute approximate surface area is 126 Å². The van der Waals surface area contributed by atoms with E-state index >= 15 is 0 Å². The number of anilines is 1. The number of rotatable bonds is 3. The van der Waals surface area contributed by atoms with Crippen LogP contribution in [-0.2, 0) is 6.54 Å². The molecular formula is C15H12BrClN2. The number of nitrogens with one attached hydrogen (secondary N) is 1. The van der Waals surface area contributed by atoms with Crippen LogP contribution in [-0.4, -0.2) is 0 Å². The topological polar surface area (TPSA) is 35.8 Å². The molecule has 0 atom stereocenters. The number of aryl methyl sites for hydroxylation is 1. The van der Waals surface area contributed by atoms with E-state index in [9.17, 15) is 0 Å². The van der Waals surface area contributed by atoms with Crippen molar-refractivity contribution in [1.29, 1.82) is 5.26 Å². The summed E-state index contributed by atoms with van der Waals surface area (Å²) in [6.45, 7) is 2.59. The predicted octanol–water partition coefficient (Wildman–Crippen LogP) is 4.89. The van der Waals surface area contributed by atoms with E-state index in [0.29, 0.717) is 12.1 Å². The Hall–Kier alpha value is -1.50. The van der Waals surface area contributed by atoms with Crippen LogP contribution >= 0.6 is 27.5 Å². The molecule has 96 valence electrons. The Morgan fingerprint density at radius 3 is 2.74 bits per heavy atom. The van der Waals surface area contributed by atoms with Crippen molar-refractivity contribution in [1.82, 2.24) is 0 Å². The molecule has 2 nitrogen and oxygen atoms in total. The summed E-state index contributed by atoms with van der Waals surface area (Å²) < 4.78 is 0.934. The van der Waals surface area contributed by atoms with Gasteiger partial charge in [-0.2, -0.15) is 5.26 Å². The van der Waals surface area contributed by atoms with E-state index in [1.807, 2.05) is 37.3 Å². The van der Waals surface area contributed by atoms with Crippen molar-refractivity contribution >= 4 is 33.2 Å². The zero-order valence-electron chi connectivity index (χ0n) is 10.4. The van der Waals surface area contributed by atoms with Gasteiger partial charge in [0.2, 0.25) is 0 Å². The average Bonchev–Trinajstić information content (AvgIpc) is 2.38. The van der Waals surface area contributed by atoms with Crippen LogP contribution < -0.4 is 5.32 Å². The number of nitrogens with zero attached hydrogens (tertiary/aromatic N) is 1. The van der Waals surface area contributed by atoms with Gasteiger partial charge in [0.1, 0.15) is 6.07 Å². The second-order valence-corrected chi connectivity index (χ2v) is 5.57. The first-order chi connectivity index (χ1) is 9.10. The van der Waals surface area contributed by atoms with Gasteiger partial charge in [0, 0.05) is 16.0 Å². The Morgan fingerprint density at radius 1 is 1.26 bits per heavy atom. The third kappa shape index (κ3) is 3.50. The monoisotopic (exact) mass is 334 g/mol. The minimum atomic E-state index is 0.588. The van der Waals surface area contributed by atoms with Crippen molar-refractivity contribution in [2.24, 2.45) is 0 Å². The maximum Gasteiger partial charge on any atom is 0.101 e. The van der Waals surface area contributed by atoms with Gasteiger partial charge < -0.3 is 5.32 Å². The second-order valence-electron chi connectivity index (χ2n) is 4.25. The minimum absolute atomic E-state index is 0.588. The number of hydrogen-bond acceptors (Lipinski definition) is 2. The molecule has 0 aliphatic carbocycles. The molecule has 0 fully saturated rings. The Balaban J connectivity index is 2.19. The molecule has 0 heterocycles. The van der Waals surface area contributed by atoms with Gasteiger partial charge in [-0.25, -0.2) is 0 Å². The first kappa shape index (κ1) is 13.9. The normalized spacial score (nSPS) is 10.0. The fourth-order valence-corrected chi connectivity index (χ4v) is 2.41. The first-order valence-electron chi connectivity index (χ1n) is 5.78. The van der Waals surface area contributed by atoms with Crippen molar-refractivity contribution in [3.05, 3.63) is 62.6 Å². The molecule has 2 aromatic rings. The van der Waals surface area contributed by atoms with E-state index in [-0.39, 0.29) is 0 Å². The summed E-state index contributed by atoms with van der Waals surface area (Å²) in [6.07, 6.45) is 0. The van der Waals surface area contributed by atoms with Crippen molar-refractivity contribution in [3.8, 4) is 6.07 Å². The molecule has 0 aliphatic rings. The molecule has 2 rings (SSSR count). The Bertz CT molecular complexity index is 647. The summed E-state index contributed by atoms with van der Waals surface area (Å²) in [4.78, 5) is 0. The smallest absolute Gasteiger partial charge is 0.101 e. The molecule has 19 heavy (non-hydrogen) atoms. The predicted molar refractivity (Wildman–Crippen MR) is 82.4 cm³/mol. The highest BCUT2D eigenvalue weighted by Gasteiger charge is 2.04. The highest BCUT2D eigenvalue weighted by Crippen LogP contribution is 2.23. The molecule has 0 radical (unpaired) electrons. The quantitative estimate of drug-likeness (QED) is 0.866. The molecule has 0 spiro atoms. The molecule has 4 heteroatoms. The highest BCUT2D eigenvalue weighted by atomic mass is 79.9. The van der Waals surface area contributed by atoms with Gasteiger partial charge in [-0.1, -0.05) is 39.7 Å². The van der Waals surface area contributed by atoms with Gasteiger partial charge in [0.25, 0.3) is 0 Å². The summed E-state index contributed by atoms with van der Waals surface area (Å²) >= 11 is 9.59. The highest BCUT2D eigenvalue weighted by molar-refractivity contribution is 9.10. The lowest BCUT2D eigenvalue weighted by Gasteiger charge is -2.10. The van der Waals surface area contributed by atoms with Crippen molar-refractivity contribution in [2.75, 3.05) is 5.32 Å². The zero-order chi connectivity index (χ0) is 13.8. The molecule has 0 aromatic heterocycles. The van der Waals surface area contributed by atoms with Crippen LogP contribution in [0.25, 0.3) is 0 Å². The lowest BCUT2D eigenvalue weighted by molar-refractivity contribution is 1.14. The maximum atomic E-state index is 9.07. The van der Waals surface area contributed by atoms with Gasteiger partial charge >= 0.3 is 0 Å². The van der Waals surface area contributed by atoms with Crippen LogP contribution in [0.1, 0.15) is 16.7 Å². The molecule has 2 aromatic carbocycles. The summed E-state index contributed by atoms with van der Waals surface area (Å²) in [5.74, 6) is 0. The summed E-state index contributed by atoms with van der Waals surface area (Å²) in [5.41, 5.74) is 3.56. The Morgan fingerprint density at radius 2 is 2.05 bits per heavy atom. The Kier molecular flexibility index (Phi) is 4.47. The summed E-state index contributed by atoms with van der Waals surface area (Å²) in [5, 5.41) is 13.0. The van der Waals surface area contributed by atoms with E-state index in [2.05, 4.69) is 27.3 Å². The largest absolute Gasteiger partial charge is 0.380 e. The lowest BCUT2D eigenvalue weighted by Crippen LogP contribution is -2.02. The van der Waals surface area contributed by atoms with Crippen LogP contribution in [0.2, 0.25) is 5.02 Å². The van der Waals surface area contributed by atoms with Gasteiger partial charge in [0.15, 0.2) is 0 Å². The van der Waals surface area contributed by atoms with E-state index < -0.39 is 0 Å². The van der Waals surface area contributed by atoms with Gasteiger partial charge in [-0.3, -0.25) is 0 Å². The molecule has 0 unspecified atom stereocenters. The SMILES string of the molecule is Cc1ccc(CNc2cc(Br)ccc2C#N)c(Cl)c1. The van der Waals surface area contributed by atoms with E-state index in [1.54, 1.807) is 6.07 Å². The first-order valence-corrected chi connectivity index (χ1v) is 6.96. The van der Waals surface area contributed by atoms with Gasteiger partial charge in [-0.15, -0.1) is 0 Å². The zero-order valence-corrected chi connectivity index (χ0v) is 12.7. The molecule has 0 saturated heterocycles. The number of benzene rings is 2. The fourth-order valence-electron chi connectivity index (χ4n) is 1.75. The van der Waals surface area contributed by atoms with Gasteiger partial charge in [0.05, 0.1) is 11.3 Å². The molecular weight excluding hydrogens is 324 g/mol. The van der Waals surface area contributed by atoms with Crippen LogP contribution in [0, 0.1) is 18.3 Å². The molecule has 0 saturated carbocycles. The minimum Gasteiger partial charge on any atom is -0.380 e. The molecule has 1 N–H and O–H groups in total. The third-order valence-corrected chi connectivity index (χ3v) is 3.63. The van der Waals surface area contributed by atoms with E-state index in [4.69, 9.17) is 16.9 Å². The second kappa shape index (κ2) is 6.10. The molecule has 0 bridgehead atoms. The molecule has 0 amide bonds.